The number of methoxy groups -OCH3 is 4. The van der Waals surface area contributed by atoms with Gasteiger partial charge in [0.25, 0.3) is 0 Å². The van der Waals surface area contributed by atoms with Crippen molar-refractivity contribution < 1.29 is 28.5 Å². The number of hydrogen-bond acceptors (Lipinski definition) is 6. The van der Waals surface area contributed by atoms with Gasteiger partial charge in [-0.25, -0.2) is 9.59 Å². The highest BCUT2D eigenvalue weighted by Gasteiger charge is 2.25. The summed E-state index contributed by atoms with van der Waals surface area (Å²) in [4.78, 5) is 22.5. The van der Waals surface area contributed by atoms with E-state index in [1.54, 1.807) is 38.5 Å². The highest BCUT2D eigenvalue weighted by atomic mass is 79.9. The molecular formula is C21H23BrO6. The highest BCUT2D eigenvalue weighted by Crippen LogP contribution is 2.41. The van der Waals surface area contributed by atoms with Crippen molar-refractivity contribution in [1.29, 1.82) is 0 Å². The minimum absolute atomic E-state index is 0.309. The molecule has 1 fully saturated rings. The van der Waals surface area contributed by atoms with Gasteiger partial charge in [-0.1, -0.05) is 15.9 Å². The average molecular weight is 451 g/mol. The molecule has 6 nitrogen and oxygen atoms in total. The molecule has 0 spiro atoms. The van der Waals surface area contributed by atoms with Gasteiger partial charge in [0.1, 0.15) is 11.5 Å². The van der Waals surface area contributed by atoms with Gasteiger partial charge in [-0.2, -0.15) is 0 Å². The van der Waals surface area contributed by atoms with E-state index in [0.29, 0.717) is 22.8 Å². The lowest BCUT2D eigenvalue weighted by Gasteiger charge is -2.07. The molecule has 1 saturated carbocycles. The summed E-state index contributed by atoms with van der Waals surface area (Å²) >= 11 is 3.26. The van der Waals surface area contributed by atoms with Crippen LogP contribution in [0.2, 0.25) is 0 Å². The van der Waals surface area contributed by atoms with Crippen LogP contribution < -0.4 is 9.47 Å². The lowest BCUT2D eigenvalue weighted by atomic mass is 10.1. The zero-order valence-corrected chi connectivity index (χ0v) is 17.9. The first-order valence-corrected chi connectivity index (χ1v) is 9.41. The fraction of sp³-hybridized carbons (Fsp3) is 0.333. The topological polar surface area (TPSA) is 71.1 Å². The second-order valence-corrected chi connectivity index (χ2v) is 7.05. The Morgan fingerprint density at radius 3 is 1.75 bits per heavy atom. The Balaban J connectivity index is 0.000000203. The summed E-state index contributed by atoms with van der Waals surface area (Å²) in [5, 5.41) is 0. The van der Waals surface area contributed by atoms with E-state index in [-0.39, 0.29) is 11.9 Å². The van der Waals surface area contributed by atoms with E-state index >= 15 is 0 Å². The maximum absolute atomic E-state index is 11.4. The molecule has 3 rings (SSSR count). The summed E-state index contributed by atoms with van der Waals surface area (Å²) in [6.07, 6.45) is 2.40. The van der Waals surface area contributed by atoms with Gasteiger partial charge in [0.2, 0.25) is 0 Å². The van der Waals surface area contributed by atoms with Crippen LogP contribution in [0.4, 0.5) is 0 Å². The van der Waals surface area contributed by atoms with E-state index in [0.717, 1.165) is 10.2 Å². The minimum Gasteiger partial charge on any atom is -0.497 e. The van der Waals surface area contributed by atoms with Crippen molar-refractivity contribution in [3.63, 3.8) is 0 Å². The molecule has 0 saturated heterocycles. The van der Waals surface area contributed by atoms with Gasteiger partial charge in [0, 0.05) is 4.47 Å². The van der Waals surface area contributed by atoms with Gasteiger partial charge in [-0.3, -0.25) is 0 Å². The zero-order valence-electron chi connectivity index (χ0n) is 16.3. The fourth-order valence-electron chi connectivity index (χ4n) is 2.54. The lowest BCUT2D eigenvalue weighted by Crippen LogP contribution is -2.02. The number of benzene rings is 2. The van der Waals surface area contributed by atoms with Crippen LogP contribution in [-0.4, -0.2) is 40.4 Å². The molecule has 7 heteroatoms. The normalized spacial score (nSPS) is 12.3. The first-order chi connectivity index (χ1) is 13.4. The van der Waals surface area contributed by atoms with E-state index in [1.165, 1.54) is 32.6 Å². The summed E-state index contributed by atoms with van der Waals surface area (Å²) in [5.74, 6) is 1.26. The van der Waals surface area contributed by atoms with Crippen LogP contribution in [0.1, 0.15) is 45.0 Å². The average Bonchev–Trinajstić information content (AvgIpc) is 3.57. The van der Waals surface area contributed by atoms with Crippen molar-refractivity contribution in [1.82, 2.24) is 0 Å². The second-order valence-electron chi connectivity index (χ2n) is 6.13. The molecule has 28 heavy (non-hydrogen) atoms. The second kappa shape index (κ2) is 10.1. The molecule has 2 aromatic carbocycles. The maximum Gasteiger partial charge on any atom is 0.338 e. The predicted octanol–water partition coefficient (Wildman–Crippen LogP) is 4.60. The predicted molar refractivity (Wildman–Crippen MR) is 108 cm³/mol. The van der Waals surface area contributed by atoms with Crippen LogP contribution in [0.25, 0.3) is 0 Å². The number of rotatable bonds is 5. The minimum atomic E-state index is -0.375. The Bertz CT molecular complexity index is 845. The molecule has 0 N–H and O–H groups in total. The van der Waals surface area contributed by atoms with E-state index in [2.05, 4.69) is 20.7 Å². The van der Waals surface area contributed by atoms with Crippen LogP contribution in [0, 0.1) is 0 Å². The van der Waals surface area contributed by atoms with Crippen LogP contribution in [0.15, 0.2) is 40.9 Å². The SMILES string of the molecule is COC(=O)c1cc(Br)cc(OC)c1.COC(=O)c1cc(OC)cc(C2CC2)c1. The van der Waals surface area contributed by atoms with Gasteiger partial charge in [-0.15, -0.1) is 0 Å². The Morgan fingerprint density at radius 1 is 0.786 bits per heavy atom. The molecule has 2 aromatic rings. The van der Waals surface area contributed by atoms with Gasteiger partial charge in [0.05, 0.1) is 39.6 Å². The molecule has 0 aliphatic heterocycles. The molecule has 0 unspecified atom stereocenters. The maximum atomic E-state index is 11.4. The Morgan fingerprint density at radius 2 is 1.29 bits per heavy atom. The summed E-state index contributed by atoms with van der Waals surface area (Å²) in [5.41, 5.74) is 2.21. The van der Waals surface area contributed by atoms with E-state index in [4.69, 9.17) is 14.2 Å². The number of hydrogen-bond donors (Lipinski definition) is 0. The third kappa shape index (κ3) is 5.99. The molecule has 150 valence electrons. The van der Waals surface area contributed by atoms with Gasteiger partial charge in [0.15, 0.2) is 0 Å². The van der Waals surface area contributed by atoms with Crippen molar-refractivity contribution in [3.8, 4) is 11.5 Å². The fourth-order valence-corrected chi connectivity index (χ4v) is 3.02. The monoisotopic (exact) mass is 450 g/mol. The first kappa shape index (κ1) is 21.8. The highest BCUT2D eigenvalue weighted by molar-refractivity contribution is 9.10. The van der Waals surface area contributed by atoms with Crippen molar-refractivity contribution >= 4 is 27.9 Å². The number of halogens is 1. The third-order valence-corrected chi connectivity index (χ3v) is 4.62. The lowest BCUT2D eigenvalue weighted by molar-refractivity contribution is 0.0591. The molecule has 0 amide bonds. The molecule has 1 aliphatic carbocycles. The quantitative estimate of drug-likeness (QED) is 0.619. The van der Waals surface area contributed by atoms with E-state index in [1.807, 2.05) is 12.1 Å². The molecule has 1 aliphatic rings. The molecule has 0 atom stereocenters. The van der Waals surface area contributed by atoms with Crippen molar-refractivity contribution in [3.05, 3.63) is 57.6 Å². The molecular weight excluding hydrogens is 428 g/mol. The smallest absolute Gasteiger partial charge is 0.338 e. The summed E-state index contributed by atoms with van der Waals surface area (Å²) in [7, 11) is 5.88. The Hall–Kier alpha value is -2.54. The molecule has 0 aromatic heterocycles. The van der Waals surface area contributed by atoms with Crippen LogP contribution in [0.5, 0.6) is 11.5 Å². The van der Waals surface area contributed by atoms with Crippen LogP contribution >= 0.6 is 15.9 Å². The van der Waals surface area contributed by atoms with Gasteiger partial charge >= 0.3 is 11.9 Å². The Kier molecular flexibility index (Phi) is 7.87. The Labute approximate surface area is 172 Å². The summed E-state index contributed by atoms with van der Waals surface area (Å²) in [6.45, 7) is 0. The first-order valence-electron chi connectivity index (χ1n) is 8.62. The van der Waals surface area contributed by atoms with Gasteiger partial charge in [-0.05, 0) is 60.7 Å². The number of carbonyl (C=O) groups excluding carboxylic acids is 2. The van der Waals surface area contributed by atoms with E-state index in [9.17, 15) is 9.59 Å². The molecule has 0 heterocycles. The number of carbonyl (C=O) groups is 2. The third-order valence-electron chi connectivity index (χ3n) is 4.16. The number of esters is 2. The standard InChI is InChI=1S/C12H14O3.C9H9BrO3/c1-14-11-6-9(8-3-4-8)5-10(7-11)12(13)15-2;1-12-8-4-6(9(11)13-2)3-7(10)5-8/h5-8H,3-4H2,1-2H3;3-5H,1-2H3. The number of ether oxygens (including phenoxy) is 4. The molecule has 0 bridgehead atoms. The van der Waals surface area contributed by atoms with Crippen molar-refractivity contribution in [2.24, 2.45) is 0 Å². The van der Waals surface area contributed by atoms with Crippen molar-refractivity contribution in [2.75, 3.05) is 28.4 Å². The van der Waals surface area contributed by atoms with Crippen molar-refractivity contribution in [2.45, 2.75) is 18.8 Å². The largest absolute Gasteiger partial charge is 0.497 e. The summed E-state index contributed by atoms with van der Waals surface area (Å²) in [6, 6.07) is 10.7. The van der Waals surface area contributed by atoms with E-state index < -0.39 is 0 Å². The van der Waals surface area contributed by atoms with Crippen LogP contribution in [-0.2, 0) is 9.47 Å². The van der Waals surface area contributed by atoms with Gasteiger partial charge < -0.3 is 18.9 Å². The van der Waals surface area contributed by atoms with Crippen LogP contribution in [0.3, 0.4) is 0 Å². The summed E-state index contributed by atoms with van der Waals surface area (Å²) < 4.78 is 20.2. The molecule has 0 radical (unpaired) electrons. The zero-order chi connectivity index (χ0) is 20.7.